The molecular formula is C19H17Cl2NO. The number of hydrogen-bond acceptors (Lipinski definition) is 2. The molecule has 3 rings (SSSR count). The van der Waals surface area contributed by atoms with Gasteiger partial charge >= 0.3 is 0 Å². The summed E-state index contributed by atoms with van der Waals surface area (Å²) in [5.41, 5.74) is 4.38. The number of benzene rings is 2. The Bertz CT molecular complexity index is 745. The van der Waals surface area contributed by atoms with Crippen LogP contribution in [0.1, 0.15) is 17.2 Å². The second-order valence-corrected chi connectivity index (χ2v) is 5.47. The van der Waals surface area contributed by atoms with Crippen LogP contribution in [0, 0.1) is 0 Å². The molecule has 3 aromatic rings. The zero-order valence-electron chi connectivity index (χ0n) is 12.6. The van der Waals surface area contributed by atoms with Crippen molar-refractivity contribution in [2.75, 3.05) is 7.11 Å². The normalized spacial score (nSPS) is 11.6. The summed E-state index contributed by atoms with van der Waals surface area (Å²) in [6.45, 7) is 0. The molecule has 0 saturated carbocycles. The number of pyridine rings is 1. The van der Waals surface area contributed by atoms with E-state index in [9.17, 15) is 0 Å². The quantitative estimate of drug-likeness (QED) is 0.617. The van der Waals surface area contributed by atoms with Crippen molar-refractivity contribution < 1.29 is 4.74 Å². The van der Waals surface area contributed by atoms with E-state index in [0.29, 0.717) is 0 Å². The van der Waals surface area contributed by atoms with Crippen LogP contribution in [0.4, 0.5) is 0 Å². The second-order valence-electron chi connectivity index (χ2n) is 5.03. The Hall–Kier alpha value is -1.87. The fraction of sp³-hybridized carbons (Fsp3) is 0.105. The molecule has 0 aliphatic carbocycles. The molecule has 2 aromatic carbocycles. The minimum atomic E-state index is -0.109. The van der Waals surface area contributed by atoms with Crippen LogP contribution in [0.25, 0.3) is 11.1 Å². The molecule has 0 saturated heterocycles. The largest absolute Gasteiger partial charge is 0.372 e. The number of rotatable bonds is 4. The van der Waals surface area contributed by atoms with Crippen molar-refractivity contribution in [1.29, 1.82) is 0 Å². The lowest BCUT2D eigenvalue weighted by Gasteiger charge is -2.16. The van der Waals surface area contributed by atoms with E-state index in [1.54, 1.807) is 13.3 Å². The van der Waals surface area contributed by atoms with Gasteiger partial charge < -0.3 is 4.74 Å². The van der Waals surface area contributed by atoms with Crippen molar-refractivity contribution in [2.24, 2.45) is 0 Å². The van der Waals surface area contributed by atoms with Gasteiger partial charge in [0.25, 0.3) is 0 Å². The predicted molar refractivity (Wildman–Crippen MR) is 97.2 cm³/mol. The van der Waals surface area contributed by atoms with Crippen LogP contribution in [0.3, 0.4) is 0 Å². The Labute approximate surface area is 147 Å². The van der Waals surface area contributed by atoms with E-state index in [4.69, 9.17) is 16.3 Å². The van der Waals surface area contributed by atoms with Crippen molar-refractivity contribution >= 4 is 24.0 Å². The van der Waals surface area contributed by atoms with Gasteiger partial charge in [0, 0.05) is 30.1 Å². The van der Waals surface area contributed by atoms with Gasteiger partial charge in [-0.2, -0.15) is 0 Å². The van der Waals surface area contributed by atoms with Gasteiger partial charge in [-0.15, -0.1) is 12.4 Å². The minimum Gasteiger partial charge on any atom is -0.372 e. The molecule has 1 atom stereocenters. The molecule has 0 spiro atoms. The van der Waals surface area contributed by atoms with Crippen molar-refractivity contribution in [3.8, 4) is 11.1 Å². The molecule has 2 nitrogen and oxygen atoms in total. The first-order valence-electron chi connectivity index (χ1n) is 7.06. The zero-order valence-corrected chi connectivity index (χ0v) is 14.2. The van der Waals surface area contributed by atoms with Crippen molar-refractivity contribution in [3.63, 3.8) is 0 Å². The molecule has 118 valence electrons. The number of aromatic nitrogens is 1. The number of hydrogen-bond donors (Lipinski definition) is 0. The minimum absolute atomic E-state index is 0. The fourth-order valence-corrected chi connectivity index (χ4v) is 2.70. The van der Waals surface area contributed by atoms with E-state index in [0.717, 1.165) is 27.3 Å². The third kappa shape index (κ3) is 4.11. The first-order valence-corrected chi connectivity index (χ1v) is 7.44. The average molecular weight is 346 g/mol. The molecule has 1 unspecified atom stereocenters. The number of halogens is 2. The SMILES string of the molecule is COC(c1ccc(-c2cccc(Cl)c2)cc1)c1cccnc1.Cl. The van der Waals surface area contributed by atoms with Crippen LogP contribution in [-0.2, 0) is 4.74 Å². The van der Waals surface area contributed by atoms with Gasteiger partial charge in [0.1, 0.15) is 6.10 Å². The first-order chi connectivity index (χ1) is 10.8. The highest BCUT2D eigenvalue weighted by Crippen LogP contribution is 2.28. The third-order valence-electron chi connectivity index (χ3n) is 3.59. The average Bonchev–Trinajstić information content (AvgIpc) is 2.57. The monoisotopic (exact) mass is 345 g/mol. The maximum Gasteiger partial charge on any atom is 0.109 e. The van der Waals surface area contributed by atoms with Crippen molar-refractivity contribution in [1.82, 2.24) is 4.98 Å². The van der Waals surface area contributed by atoms with E-state index < -0.39 is 0 Å². The predicted octanol–water partition coefficient (Wildman–Crippen LogP) is 5.56. The fourth-order valence-electron chi connectivity index (χ4n) is 2.51. The maximum atomic E-state index is 6.05. The van der Waals surface area contributed by atoms with Gasteiger partial charge in [-0.3, -0.25) is 4.98 Å². The summed E-state index contributed by atoms with van der Waals surface area (Å²) in [7, 11) is 1.71. The molecule has 1 heterocycles. The van der Waals surface area contributed by atoms with E-state index in [2.05, 4.69) is 35.3 Å². The summed E-state index contributed by atoms with van der Waals surface area (Å²) >= 11 is 6.05. The standard InChI is InChI=1S/C19H16ClNO.ClH/c1-22-19(17-5-3-11-21-13-17)15-9-7-14(8-10-15)16-4-2-6-18(20)12-16;/h2-13,19H,1H3;1H. The van der Waals surface area contributed by atoms with Crippen LogP contribution in [0.5, 0.6) is 0 Å². The van der Waals surface area contributed by atoms with Crippen LogP contribution >= 0.6 is 24.0 Å². The van der Waals surface area contributed by atoms with Crippen LogP contribution in [-0.4, -0.2) is 12.1 Å². The molecule has 0 radical (unpaired) electrons. The van der Waals surface area contributed by atoms with E-state index in [1.807, 2.05) is 36.5 Å². The van der Waals surface area contributed by atoms with Gasteiger partial charge in [0.15, 0.2) is 0 Å². The highest BCUT2D eigenvalue weighted by atomic mass is 35.5. The van der Waals surface area contributed by atoms with Gasteiger partial charge in [-0.05, 0) is 34.9 Å². The van der Waals surface area contributed by atoms with Gasteiger partial charge in [0.2, 0.25) is 0 Å². The molecule has 0 amide bonds. The summed E-state index contributed by atoms with van der Waals surface area (Å²) < 4.78 is 5.63. The molecule has 0 bridgehead atoms. The van der Waals surface area contributed by atoms with Crippen LogP contribution < -0.4 is 0 Å². The molecule has 4 heteroatoms. The Morgan fingerprint density at radius 2 is 1.70 bits per heavy atom. The maximum absolute atomic E-state index is 6.05. The Morgan fingerprint density at radius 1 is 0.913 bits per heavy atom. The first kappa shape index (κ1) is 17.5. The summed E-state index contributed by atoms with van der Waals surface area (Å²) in [6, 6.07) is 20.1. The van der Waals surface area contributed by atoms with Crippen LogP contribution in [0.15, 0.2) is 73.1 Å². The molecule has 0 aliphatic rings. The van der Waals surface area contributed by atoms with E-state index in [-0.39, 0.29) is 18.5 Å². The Kier molecular flexibility index (Phi) is 6.17. The lowest BCUT2D eigenvalue weighted by Crippen LogP contribution is -2.03. The third-order valence-corrected chi connectivity index (χ3v) is 3.83. The number of ether oxygens (including phenoxy) is 1. The molecule has 0 fully saturated rings. The van der Waals surface area contributed by atoms with Gasteiger partial charge in [0.05, 0.1) is 0 Å². The highest BCUT2D eigenvalue weighted by Gasteiger charge is 2.13. The molecular weight excluding hydrogens is 329 g/mol. The Balaban J connectivity index is 0.00000192. The summed E-state index contributed by atoms with van der Waals surface area (Å²) in [6.07, 6.45) is 3.49. The smallest absolute Gasteiger partial charge is 0.109 e. The van der Waals surface area contributed by atoms with E-state index in [1.165, 1.54) is 0 Å². The van der Waals surface area contributed by atoms with Crippen molar-refractivity contribution in [2.45, 2.75) is 6.10 Å². The summed E-state index contributed by atoms with van der Waals surface area (Å²) in [5.74, 6) is 0. The lowest BCUT2D eigenvalue weighted by molar-refractivity contribution is 0.136. The summed E-state index contributed by atoms with van der Waals surface area (Å²) in [5, 5.41) is 0.742. The molecule has 1 aromatic heterocycles. The van der Waals surface area contributed by atoms with Gasteiger partial charge in [-0.25, -0.2) is 0 Å². The molecule has 0 aliphatic heterocycles. The highest BCUT2D eigenvalue weighted by molar-refractivity contribution is 6.30. The van der Waals surface area contributed by atoms with E-state index >= 15 is 0 Å². The number of nitrogens with zero attached hydrogens (tertiary/aromatic N) is 1. The zero-order chi connectivity index (χ0) is 15.4. The number of methoxy groups -OCH3 is 1. The molecule has 23 heavy (non-hydrogen) atoms. The lowest BCUT2D eigenvalue weighted by atomic mass is 9.99. The van der Waals surface area contributed by atoms with Crippen molar-refractivity contribution in [3.05, 3.63) is 89.2 Å². The van der Waals surface area contributed by atoms with Gasteiger partial charge in [-0.1, -0.05) is 54.1 Å². The summed E-state index contributed by atoms with van der Waals surface area (Å²) in [4.78, 5) is 4.16. The topological polar surface area (TPSA) is 22.1 Å². The van der Waals surface area contributed by atoms with Crippen LogP contribution in [0.2, 0.25) is 5.02 Å². The Morgan fingerprint density at radius 3 is 2.30 bits per heavy atom. The molecule has 0 N–H and O–H groups in total. The second kappa shape index (κ2) is 8.11.